The zero-order valence-corrected chi connectivity index (χ0v) is 23.8. The van der Waals surface area contributed by atoms with Crippen LogP contribution >= 0.6 is 27.5 Å². The SMILES string of the molecule is COc1cc([C@H]2C3=CC[C@@H]4C(=O)N(c5ccc(Cl)cc5)C(=O)[C@@H]4[C@@H]3CC3=C2C(=O)C=C(Br)C3=O)cc(OC)c1O. The number of nitrogens with zero attached hydrogens (tertiary/aromatic N) is 1. The molecule has 0 spiro atoms. The maximum absolute atomic E-state index is 13.9. The average molecular weight is 625 g/mol. The lowest BCUT2D eigenvalue weighted by Gasteiger charge is -2.42. The molecule has 2 aromatic carbocycles. The highest BCUT2D eigenvalue weighted by Gasteiger charge is 2.56. The van der Waals surface area contributed by atoms with E-state index in [1.165, 1.54) is 25.2 Å². The molecule has 1 N–H and O–H groups in total. The first kappa shape index (κ1) is 26.5. The van der Waals surface area contributed by atoms with E-state index in [4.69, 9.17) is 21.1 Å². The van der Waals surface area contributed by atoms with Crippen molar-refractivity contribution in [2.24, 2.45) is 17.8 Å². The number of amides is 2. The van der Waals surface area contributed by atoms with E-state index < -0.39 is 23.7 Å². The average Bonchev–Trinajstić information content (AvgIpc) is 3.21. The summed E-state index contributed by atoms with van der Waals surface area (Å²) in [6.07, 6.45) is 3.64. The van der Waals surface area contributed by atoms with E-state index in [1.54, 1.807) is 36.4 Å². The topological polar surface area (TPSA) is 110 Å². The van der Waals surface area contributed by atoms with Crippen LogP contribution < -0.4 is 14.4 Å². The number of halogens is 2. The molecule has 0 aromatic heterocycles. The van der Waals surface area contributed by atoms with Crippen molar-refractivity contribution < 1.29 is 33.8 Å². The molecule has 0 unspecified atom stereocenters. The van der Waals surface area contributed by atoms with E-state index >= 15 is 0 Å². The second-order valence-electron chi connectivity index (χ2n) is 10.2. The zero-order chi connectivity index (χ0) is 28.5. The number of Topliss-reactive ketones (excluding diaryl/α,β-unsaturated/α-hetero) is 1. The molecule has 3 aliphatic carbocycles. The van der Waals surface area contributed by atoms with Crippen LogP contribution in [0.5, 0.6) is 17.2 Å². The number of hydrogen-bond donors (Lipinski definition) is 1. The number of rotatable bonds is 4. The molecule has 10 heteroatoms. The molecule has 40 heavy (non-hydrogen) atoms. The highest BCUT2D eigenvalue weighted by molar-refractivity contribution is 9.12. The van der Waals surface area contributed by atoms with Crippen LogP contribution in [0.3, 0.4) is 0 Å². The first-order chi connectivity index (χ1) is 19.2. The number of phenolic OH excluding ortho intramolecular Hbond substituents is 1. The molecule has 204 valence electrons. The van der Waals surface area contributed by atoms with Crippen LogP contribution in [0, 0.1) is 17.8 Å². The van der Waals surface area contributed by atoms with Gasteiger partial charge in [0.25, 0.3) is 0 Å². The van der Waals surface area contributed by atoms with Crippen LogP contribution in [-0.2, 0) is 19.2 Å². The number of imide groups is 1. The van der Waals surface area contributed by atoms with Crippen LogP contribution in [0.2, 0.25) is 5.02 Å². The number of ketones is 2. The summed E-state index contributed by atoms with van der Waals surface area (Å²) in [5.41, 5.74) is 2.40. The molecule has 1 saturated heterocycles. The molecule has 1 heterocycles. The van der Waals surface area contributed by atoms with E-state index in [2.05, 4.69) is 15.9 Å². The molecular formula is C30H23BrClNO7. The third kappa shape index (κ3) is 3.86. The molecule has 6 rings (SSSR count). The maximum atomic E-state index is 13.9. The Balaban J connectivity index is 1.51. The quantitative estimate of drug-likeness (QED) is 0.289. The summed E-state index contributed by atoms with van der Waals surface area (Å²) in [5, 5.41) is 11.0. The Morgan fingerprint density at radius 3 is 2.25 bits per heavy atom. The van der Waals surface area contributed by atoms with Gasteiger partial charge in [0.15, 0.2) is 23.1 Å². The van der Waals surface area contributed by atoms with Crippen LogP contribution in [0.4, 0.5) is 5.69 Å². The Morgan fingerprint density at radius 2 is 1.62 bits per heavy atom. The van der Waals surface area contributed by atoms with E-state index in [-0.39, 0.29) is 51.5 Å². The smallest absolute Gasteiger partial charge is 0.238 e. The number of phenols is 1. The number of fused-ring (bicyclic) bond motifs is 3. The summed E-state index contributed by atoms with van der Waals surface area (Å²) in [4.78, 5) is 55.5. The van der Waals surface area contributed by atoms with E-state index in [1.807, 2.05) is 6.08 Å². The van der Waals surface area contributed by atoms with Gasteiger partial charge in [0.05, 0.1) is 36.2 Å². The van der Waals surface area contributed by atoms with Gasteiger partial charge >= 0.3 is 0 Å². The first-order valence-corrected chi connectivity index (χ1v) is 13.8. The van der Waals surface area contributed by atoms with Gasteiger partial charge in [-0.05, 0) is 76.7 Å². The Hall–Kier alpha value is -3.69. The van der Waals surface area contributed by atoms with Crippen molar-refractivity contribution in [3.63, 3.8) is 0 Å². The third-order valence-corrected chi connectivity index (χ3v) is 9.09. The number of carbonyl (C=O) groups is 4. The lowest BCUT2D eigenvalue weighted by Crippen LogP contribution is -2.39. The Bertz CT molecular complexity index is 1580. The van der Waals surface area contributed by atoms with Gasteiger partial charge in [-0.1, -0.05) is 23.3 Å². The van der Waals surface area contributed by atoms with Crippen molar-refractivity contribution in [3.8, 4) is 17.2 Å². The maximum Gasteiger partial charge on any atom is 0.238 e. The second-order valence-corrected chi connectivity index (χ2v) is 11.4. The number of aromatic hydroxyl groups is 1. The fourth-order valence-electron chi connectivity index (χ4n) is 6.51. The van der Waals surface area contributed by atoms with Gasteiger partial charge < -0.3 is 14.6 Å². The fraction of sp³-hybridized carbons (Fsp3) is 0.267. The van der Waals surface area contributed by atoms with Crippen molar-refractivity contribution in [2.45, 2.75) is 18.8 Å². The van der Waals surface area contributed by atoms with Crippen molar-refractivity contribution in [2.75, 3.05) is 19.1 Å². The van der Waals surface area contributed by atoms with Gasteiger partial charge in [0.1, 0.15) is 0 Å². The van der Waals surface area contributed by atoms with Gasteiger partial charge in [0.2, 0.25) is 17.6 Å². The van der Waals surface area contributed by atoms with Crippen molar-refractivity contribution >= 4 is 56.6 Å². The lowest BCUT2D eigenvalue weighted by molar-refractivity contribution is -0.123. The molecular weight excluding hydrogens is 602 g/mol. The number of allylic oxidation sites excluding steroid dienone is 6. The van der Waals surface area contributed by atoms with Crippen molar-refractivity contribution in [1.82, 2.24) is 0 Å². The van der Waals surface area contributed by atoms with E-state index in [0.717, 1.165) is 5.57 Å². The normalized spacial score (nSPS) is 25.8. The largest absolute Gasteiger partial charge is 0.502 e. The molecule has 0 saturated carbocycles. The van der Waals surface area contributed by atoms with Crippen molar-refractivity contribution in [3.05, 3.63) is 80.3 Å². The number of ether oxygens (including phenoxy) is 2. The van der Waals surface area contributed by atoms with Crippen LogP contribution in [-0.4, -0.2) is 42.7 Å². The first-order valence-electron chi connectivity index (χ1n) is 12.6. The summed E-state index contributed by atoms with van der Waals surface area (Å²) in [7, 11) is 2.81. The molecule has 1 fully saturated rings. The van der Waals surface area contributed by atoms with Gasteiger partial charge in [-0.15, -0.1) is 0 Å². The highest BCUT2D eigenvalue weighted by Crippen LogP contribution is 2.56. The third-order valence-electron chi connectivity index (χ3n) is 8.25. The van der Waals surface area contributed by atoms with Gasteiger partial charge in [-0.25, -0.2) is 0 Å². The number of methoxy groups -OCH3 is 2. The van der Waals surface area contributed by atoms with Gasteiger partial charge in [0, 0.05) is 28.2 Å². The fourth-order valence-corrected chi connectivity index (χ4v) is 7.08. The highest BCUT2D eigenvalue weighted by atomic mass is 79.9. The Kier molecular flexibility index (Phi) is 6.46. The van der Waals surface area contributed by atoms with Crippen molar-refractivity contribution in [1.29, 1.82) is 0 Å². The van der Waals surface area contributed by atoms with Crippen LogP contribution in [0.25, 0.3) is 0 Å². The van der Waals surface area contributed by atoms with E-state index in [0.29, 0.717) is 33.8 Å². The molecule has 8 nitrogen and oxygen atoms in total. The summed E-state index contributed by atoms with van der Waals surface area (Å²) in [6, 6.07) is 9.73. The number of benzene rings is 2. The van der Waals surface area contributed by atoms with E-state index in [9.17, 15) is 24.3 Å². The summed E-state index contributed by atoms with van der Waals surface area (Å²) in [6.45, 7) is 0. The lowest BCUT2D eigenvalue weighted by atomic mass is 9.59. The predicted molar refractivity (Wildman–Crippen MR) is 150 cm³/mol. The second kappa shape index (κ2) is 9.74. The summed E-state index contributed by atoms with van der Waals surface area (Å²) < 4.78 is 10.9. The molecule has 0 radical (unpaired) electrons. The predicted octanol–water partition coefficient (Wildman–Crippen LogP) is 5.03. The minimum atomic E-state index is -0.715. The molecule has 2 aromatic rings. The minimum Gasteiger partial charge on any atom is -0.502 e. The standard InChI is InChI=1S/C30H23BrClNO7/c1-39-22-9-13(10-23(40-2)28(22)36)24-16-7-8-17-25(18(16)11-19-26(24)21(34)12-20(31)27(19)35)30(38)33(29(17)37)15-5-3-14(32)4-6-15/h3-7,9-10,12,17-18,24-25,36H,8,11H2,1-2H3/t17-,18+,24-,25-/m0/s1. The van der Waals surface area contributed by atoms with Crippen LogP contribution in [0.1, 0.15) is 24.3 Å². The molecule has 4 atom stereocenters. The summed E-state index contributed by atoms with van der Waals surface area (Å²) >= 11 is 9.26. The Labute approximate surface area is 243 Å². The van der Waals surface area contributed by atoms with Crippen LogP contribution in [0.15, 0.2) is 69.8 Å². The molecule has 4 aliphatic rings. The number of anilines is 1. The number of hydrogen-bond acceptors (Lipinski definition) is 7. The summed E-state index contributed by atoms with van der Waals surface area (Å²) in [5.74, 6) is -3.75. The monoisotopic (exact) mass is 623 g/mol. The Morgan fingerprint density at radius 1 is 0.975 bits per heavy atom. The molecule has 0 bridgehead atoms. The van der Waals surface area contributed by atoms with Gasteiger partial charge in [-0.3, -0.25) is 24.1 Å². The zero-order valence-electron chi connectivity index (χ0n) is 21.4. The minimum absolute atomic E-state index is 0.139. The molecule has 1 aliphatic heterocycles. The molecule has 2 amide bonds. The number of carbonyl (C=O) groups excluding carboxylic acids is 4. The van der Waals surface area contributed by atoms with Gasteiger partial charge in [-0.2, -0.15) is 0 Å².